The Morgan fingerprint density at radius 2 is 1.82 bits per heavy atom. The Hall–Kier alpha value is -3.39. The fraction of sp³-hybridized carbons (Fsp3) is 0.292. The lowest BCUT2D eigenvalue weighted by molar-refractivity contribution is -0.122. The summed E-state index contributed by atoms with van der Waals surface area (Å²) in [5.74, 6) is -1.50. The number of hydrogen-bond donors (Lipinski definition) is 1. The lowest BCUT2D eigenvalue weighted by Crippen LogP contribution is -2.54. The lowest BCUT2D eigenvalue weighted by Gasteiger charge is -2.26. The van der Waals surface area contributed by atoms with E-state index in [9.17, 15) is 18.8 Å². The van der Waals surface area contributed by atoms with Crippen molar-refractivity contribution in [1.82, 2.24) is 5.32 Å². The third-order valence-electron chi connectivity index (χ3n) is 4.99. The van der Waals surface area contributed by atoms with Crippen LogP contribution < -0.4 is 19.7 Å². The highest BCUT2D eigenvalue weighted by Crippen LogP contribution is 2.37. The molecule has 0 radical (unpaired) electrons. The first-order valence-electron chi connectivity index (χ1n) is 10.5. The van der Waals surface area contributed by atoms with E-state index in [1.165, 1.54) is 31.4 Å². The molecule has 2 aromatic rings. The summed E-state index contributed by atoms with van der Waals surface area (Å²) in [7, 11) is 1.46. The zero-order valence-corrected chi connectivity index (χ0v) is 19.1. The van der Waals surface area contributed by atoms with E-state index in [4.69, 9.17) is 21.1 Å². The number of ether oxygens (including phenoxy) is 2. The molecule has 0 saturated carbocycles. The SMILES string of the molecule is CCCCCCOc1c(Cl)cc(/C=C2\C(=O)NC(=O)N(c3ccc(F)cc3)C2=O)cc1OC. The second-order valence-corrected chi connectivity index (χ2v) is 7.78. The molecule has 1 aliphatic rings. The quantitative estimate of drug-likeness (QED) is 0.310. The highest BCUT2D eigenvalue weighted by atomic mass is 35.5. The number of rotatable bonds is 9. The second kappa shape index (κ2) is 11.0. The molecule has 2 aromatic carbocycles. The van der Waals surface area contributed by atoms with Crippen molar-refractivity contribution in [1.29, 1.82) is 0 Å². The molecule has 7 nitrogen and oxygen atoms in total. The maximum Gasteiger partial charge on any atom is 0.335 e. The summed E-state index contributed by atoms with van der Waals surface area (Å²) in [5.41, 5.74) is 0.243. The molecule has 0 bridgehead atoms. The van der Waals surface area contributed by atoms with Gasteiger partial charge in [0.25, 0.3) is 11.8 Å². The van der Waals surface area contributed by atoms with Crippen molar-refractivity contribution in [2.24, 2.45) is 0 Å². The summed E-state index contributed by atoms with van der Waals surface area (Å²) < 4.78 is 24.4. The number of urea groups is 1. The molecule has 33 heavy (non-hydrogen) atoms. The third-order valence-corrected chi connectivity index (χ3v) is 5.27. The number of nitrogens with one attached hydrogen (secondary N) is 1. The molecule has 4 amide bonds. The number of anilines is 1. The number of halogens is 2. The number of barbiturate groups is 1. The Kier molecular flexibility index (Phi) is 8.06. The number of amides is 4. The van der Waals surface area contributed by atoms with Gasteiger partial charge in [0.2, 0.25) is 0 Å². The van der Waals surface area contributed by atoms with Crippen LogP contribution in [0, 0.1) is 5.82 Å². The normalized spacial score (nSPS) is 15.1. The van der Waals surface area contributed by atoms with Gasteiger partial charge in [-0.1, -0.05) is 37.8 Å². The highest BCUT2D eigenvalue weighted by molar-refractivity contribution is 6.39. The third kappa shape index (κ3) is 5.70. The predicted molar refractivity (Wildman–Crippen MR) is 123 cm³/mol. The van der Waals surface area contributed by atoms with E-state index >= 15 is 0 Å². The summed E-state index contributed by atoms with van der Waals surface area (Å²) in [6.45, 7) is 2.60. The van der Waals surface area contributed by atoms with Gasteiger partial charge >= 0.3 is 6.03 Å². The fourth-order valence-electron chi connectivity index (χ4n) is 3.32. The van der Waals surface area contributed by atoms with Crippen LogP contribution in [0.1, 0.15) is 38.2 Å². The monoisotopic (exact) mass is 474 g/mol. The van der Waals surface area contributed by atoms with Crippen LogP contribution in [0.4, 0.5) is 14.9 Å². The summed E-state index contributed by atoms with van der Waals surface area (Å²) in [4.78, 5) is 38.4. The average Bonchev–Trinajstić information content (AvgIpc) is 2.78. The minimum Gasteiger partial charge on any atom is -0.493 e. The molecule has 174 valence electrons. The van der Waals surface area contributed by atoms with Crippen LogP contribution in [0.25, 0.3) is 6.08 Å². The average molecular weight is 475 g/mol. The Morgan fingerprint density at radius 1 is 1.09 bits per heavy atom. The summed E-state index contributed by atoms with van der Waals surface area (Å²) in [6, 6.07) is 6.97. The maximum atomic E-state index is 13.2. The van der Waals surface area contributed by atoms with E-state index in [0.717, 1.165) is 42.7 Å². The molecule has 0 spiro atoms. The second-order valence-electron chi connectivity index (χ2n) is 7.38. The molecule has 0 atom stereocenters. The van der Waals surface area contributed by atoms with Gasteiger partial charge < -0.3 is 9.47 Å². The van der Waals surface area contributed by atoms with E-state index in [1.54, 1.807) is 6.07 Å². The van der Waals surface area contributed by atoms with Gasteiger partial charge in [-0.2, -0.15) is 0 Å². The zero-order valence-electron chi connectivity index (χ0n) is 18.3. The van der Waals surface area contributed by atoms with Crippen molar-refractivity contribution in [3.63, 3.8) is 0 Å². The van der Waals surface area contributed by atoms with Gasteiger partial charge in [-0.25, -0.2) is 14.1 Å². The molecule has 1 aliphatic heterocycles. The van der Waals surface area contributed by atoms with Gasteiger partial charge in [0.1, 0.15) is 11.4 Å². The van der Waals surface area contributed by atoms with Crippen LogP contribution >= 0.6 is 11.6 Å². The number of nitrogens with zero attached hydrogens (tertiary/aromatic N) is 1. The van der Waals surface area contributed by atoms with Crippen molar-refractivity contribution in [2.45, 2.75) is 32.6 Å². The standard InChI is InChI=1S/C24H24ClFN2O5/c1-3-4-5-6-11-33-21-19(25)13-15(14-20(21)32-2)12-18-22(29)27-24(31)28(23(18)30)17-9-7-16(26)8-10-17/h7-10,12-14H,3-6,11H2,1-2H3,(H,27,29,31)/b18-12+. The van der Waals surface area contributed by atoms with Crippen LogP contribution in [0.3, 0.4) is 0 Å². The zero-order chi connectivity index (χ0) is 24.0. The molecule has 1 saturated heterocycles. The number of carbonyl (C=O) groups is 3. The number of unbranched alkanes of at least 4 members (excludes halogenated alkanes) is 3. The van der Waals surface area contributed by atoms with Gasteiger partial charge in [0.05, 0.1) is 24.4 Å². The number of imide groups is 2. The van der Waals surface area contributed by atoms with E-state index in [1.807, 2.05) is 0 Å². The lowest BCUT2D eigenvalue weighted by atomic mass is 10.1. The molecule has 3 rings (SSSR count). The molecule has 1 heterocycles. The summed E-state index contributed by atoms with van der Waals surface area (Å²) >= 11 is 6.39. The van der Waals surface area contributed by atoms with Gasteiger partial charge in [-0.15, -0.1) is 0 Å². The fourth-order valence-corrected chi connectivity index (χ4v) is 3.59. The first kappa shape index (κ1) is 24.3. The molecule has 0 unspecified atom stereocenters. The van der Waals surface area contributed by atoms with Crippen molar-refractivity contribution < 1.29 is 28.2 Å². The van der Waals surface area contributed by atoms with Crippen LogP contribution in [0.15, 0.2) is 42.0 Å². The topological polar surface area (TPSA) is 84.9 Å². The van der Waals surface area contributed by atoms with Crippen LogP contribution in [0.5, 0.6) is 11.5 Å². The van der Waals surface area contributed by atoms with Gasteiger partial charge in [0, 0.05) is 0 Å². The van der Waals surface area contributed by atoms with Crippen molar-refractivity contribution in [2.75, 3.05) is 18.6 Å². The summed E-state index contributed by atoms with van der Waals surface area (Å²) in [6.07, 6.45) is 5.46. The molecular weight excluding hydrogens is 451 g/mol. The molecule has 1 N–H and O–H groups in total. The molecule has 0 aliphatic carbocycles. The Balaban J connectivity index is 1.88. The molecule has 1 fully saturated rings. The van der Waals surface area contributed by atoms with Crippen LogP contribution in [0.2, 0.25) is 5.02 Å². The summed E-state index contributed by atoms with van der Waals surface area (Å²) in [5, 5.41) is 2.38. The van der Waals surface area contributed by atoms with Crippen molar-refractivity contribution in [3.8, 4) is 11.5 Å². The van der Waals surface area contributed by atoms with Gasteiger partial charge in [-0.3, -0.25) is 14.9 Å². The van der Waals surface area contributed by atoms with E-state index in [0.29, 0.717) is 23.7 Å². The minimum atomic E-state index is -0.920. The highest BCUT2D eigenvalue weighted by Gasteiger charge is 2.36. The Bertz CT molecular complexity index is 1090. The first-order chi connectivity index (χ1) is 15.8. The largest absolute Gasteiger partial charge is 0.493 e. The maximum absolute atomic E-state index is 13.2. The van der Waals surface area contributed by atoms with Gasteiger partial charge in [-0.05, 0) is 54.5 Å². The van der Waals surface area contributed by atoms with Crippen molar-refractivity contribution in [3.05, 3.63) is 58.4 Å². The van der Waals surface area contributed by atoms with Crippen LogP contribution in [-0.4, -0.2) is 31.6 Å². The van der Waals surface area contributed by atoms with Crippen molar-refractivity contribution >= 4 is 41.2 Å². The van der Waals surface area contributed by atoms with Crippen LogP contribution in [-0.2, 0) is 9.59 Å². The number of methoxy groups -OCH3 is 1. The molecule has 9 heteroatoms. The van der Waals surface area contributed by atoms with E-state index in [2.05, 4.69) is 12.2 Å². The Morgan fingerprint density at radius 3 is 2.48 bits per heavy atom. The van der Waals surface area contributed by atoms with Gasteiger partial charge in [0.15, 0.2) is 11.5 Å². The number of benzene rings is 2. The smallest absolute Gasteiger partial charge is 0.335 e. The van der Waals surface area contributed by atoms with E-state index < -0.39 is 23.7 Å². The van der Waals surface area contributed by atoms with E-state index in [-0.39, 0.29) is 16.3 Å². The predicted octanol–water partition coefficient (Wildman–Crippen LogP) is 5.11. The molecule has 0 aromatic heterocycles. The Labute approximate surface area is 196 Å². The number of carbonyl (C=O) groups excluding carboxylic acids is 3. The number of hydrogen-bond acceptors (Lipinski definition) is 5. The first-order valence-corrected chi connectivity index (χ1v) is 10.9. The molecular formula is C24H24ClFN2O5. The minimum absolute atomic E-state index is 0.125.